The average Bonchev–Trinajstić information content (AvgIpc) is 2.58. The fourth-order valence-corrected chi connectivity index (χ4v) is 2.35. The van der Waals surface area contributed by atoms with Crippen LogP contribution in [0.5, 0.6) is 0 Å². The van der Waals surface area contributed by atoms with E-state index in [0.717, 1.165) is 0 Å². The largest absolute Gasteiger partial charge is 0.394 e. The summed E-state index contributed by atoms with van der Waals surface area (Å²) in [5.74, 6) is -0.937. The van der Waals surface area contributed by atoms with Gasteiger partial charge in [0.1, 0.15) is 24.5 Å². The fraction of sp³-hybridized carbons (Fsp3) is 0.500. The Morgan fingerprint density at radius 2 is 1.92 bits per heavy atom. The first-order valence-corrected chi connectivity index (χ1v) is 7.29. The highest BCUT2D eigenvalue weighted by atomic mass is 16.5. The van der Waals surface area contributed by atoms with Crippen LogP contribution in [0.15, 0.2) is 24.5 Å². The van der Waals surface area contributed by atoms with Crippen molar-refractivity contribution in [3.05, 3.63) is 30.1 Å². The molecule has 10 heteroatoms. The first kappa shape index (κ1) is 18.2. The Labute approximate surface area is 137 Å². The molecule has 1 saturated heterocycles. The van der Waals surface area contributed by atoms with Crippen molar-refractivity contribution in [2.75, 3.05) is 6.61 Å². The lowest BCUT2D eigenvalue weighted by molar-refractivity contribution is -0.204. The first-order valence-electron chi connectivity index (χ1n) is 7.29. The van der Waals surface area contributed by atoms with Gasteiger partial charge in [0.15, 0.2) is 0 Å². The molecule has 1 aromatic heterocycles. The zero-order chi connectivity index (χ0) is 17.7. The summed E-state index contributed by atoms with van der Waals surface area (Å²) in [5, 5.41) is 31.7. The van der Waals surface area contributed by atoms with Crippen LogP contribution < -0.4 is 16.2 Å². The molecule has 0 radical (unpaired) electrons. The standard InChI is InChI=1S/C14H20N4O6/c1-7(20)16-10-12(22)11(21)9(6-19)24-14(10)18-17-13(23)8-2-4-15-5-3-8/h2-5,9-12,14,18-19,21-22H,6H2,1H3,(H,16,20)(H,17,23)/t9-,10+,11+,12+,14-/m0/s1. The van der Waals surface area contributed by atoms with Gasteiger partial charge < -0.3 is 25.4 Å². The van der Waals surface area contributed by atoms with E-state index < -0.39 is 49.0 Å². The molecule has 0 aliphatic carbocycles. The van der Waals surface area contributed by atoms with E-state index >= 15 is 0 Å². The van der Waals surface area contributed by atoms with Crippen LogP contribution in [0.2, 0.25) is 0 Å². The van der Waals surface area contributed by atoms with E-state index in [2.05, 4.69) is 21.2 Å². The number of rotatable bonds is 5. The van der Waals surface area contributed by atoms with Crippen LogP contribution in [0.3, 0.4) is 0 Å². The second-order valence-corrected chi connectivity index (χ2v) is 5.32. The smallest absolute Gasteiger partial charge is 0.265 e. The number of aliphatic hydroxyl groups excluding tert-OH is 3. The summed E-state index contributed by atoms with van der Waals surface area (Å²) in [7, 11) is 0. The Hall–Kier alpha value is -2.11. The Balaban J connectivity index is 2.06. The van der Waals surface area contributed by atoms with Crippen LogP contribution in [-0.4, -0.2) is 69.3 Å². The summed E-state index contributed by atoms with van der Waals surface area (Å²) in [6, 6.07) is 1.97. The number of aromatic nitrogens is 1. The lowest BCUT2D eigenvalue weighted by Crippen LogP contribution is -2.69. The molecule has 2 heterocycles. The van der Waals surface area contributed by atoms with E-state index in [0.29, 0.717) is 5.56 Å². The van der Waals surface area contributed by atoms with Crippen molar-refractivity contribution in [1.29, 1.82) is 0 Å². The van der Waals surface area contributed by atoms with Crippen LogP contribution >= 0.6 is 0 Å². The molecule has 0 bridgehead atoms. The number of pyridine rings is 1. The molecule has 0 aromatic carbocycles. The van der Waals surface area contributed by atoms with Crippen molar-refractivity contribution < 1.29 is 29.6 Å². The lowest BCUT2D eigenvalue weighted by Gasteiger charge is -2.42. The highest BCUT2D eigenvalue weighted by Gasteiger charge is 2.44. The summed E-state index contributed by atoms with van der Waals surface area (Å²) in [4.78, 5) is 27.1. The highest BCUT2D eigenvalue weighted by molar-refractivity contribution is 5.93. The zero-order valence-electron chi connectivity index (χ0n) is 12.9. The van der Waals surface area contributed by atoms with Crippen LogP contribution in [0, 0.1) is 0 Å². The fourth-order valence-electron chi connectivity index (χ4n) is 2.35. The van der Waals surface area contributed by atoms with Gasteiger partial charge >= 0.3 is 0 Å². The summed E-state index contributed by atoms with van der Waals surface area (Å²) in [6.45, 7) is 0.700. The van der Waals surface area contributed by atoms with Crippen LogP contribution in [-0.2, 0) is 9.53 Å². The molecular weight excluding hydrogens is 320 g/mol. The topological polar surface area (TPSA) is 153 Å². The molecule has 0 spiro atoms. The Kier molecular flexibility index (Phi) is 6.17. The molecule has 0 unspecified atom stereocenters. The molecule has 1 fully saturated rings. The van der Waals surface area contributed by atoms with Crippen molar-refractivity contribution in [2.45, 2.75) is 37.5 Å². The number of hydrogen-bond acceptors (Lipinski definition) is 8. The molecule has 10 nitrogen and oxygen atoms in total. The number of ether oxygens (including phenoxy) is 1. The van der Waals surface area contributed by atoms with Crippen molar-refractivity contribution in [3.8, 4) is 0 Å². The number of nitrogens with one attached hydrogen (secondary N) is 3. The van der Waals surface area contributed by atoms with Gasteiger partial charge in [0, 0.05) is 24.9 Å². The highest BCUT2D eigenvalue weighted by Crippen LogP contribution is 2.19. The van der Waals surface area contributed by atoms with Crippen LogP contribution in [0.25, 0.3) is 0 Å². The van der Waals surface area contributed by atoms with Crippen molar-refractivity contribution in [3.63, 3.8) is 0 Å². The molecule has 1 aromatic rings. The van der Waals surface area contributed by atoms with Gasteiger partial charge in [0.25, 0.3) is 5.91 Å². The van der Waals surface area contributed by atoms with E-state index in [9.17, 15) is 24.9 Å². The molecule has 6 N–H and O–H groups in total. The quantitative estimate of drug-likeness (QED) is 0.316. The normalized spacial score (nSPS) is 29.8. The zero-order valence-corrected chi connectivity index (χ0v) is 12.9. The third kappa shape index (κ3) is 4.24. The molecule has 1 aliphatic heterocycles. The molecule has 5 atom stereocenters. The van der Waals surface area contributed by atoms with Crippen molar-refractivity contribution in [1.82, 2.24) is 21.2 Å². The van der Waals surface area contributed by atoms with Crippen LogP contribution in [0.4, 0.5) is 0 Å². The molecular formula is C14H20N4O6. The van der Waals surface area contributed by atoms with Crippen molar-refractivity contribution >= 4 is 11.8 Å². The van der Waals surface area contributed by atoms with Crippen molar-refractivity contribution in [2.24, 2.45) is 0 Å². The van der Waals surface area contributed by atoms with E-state index in [-0.39, 0.29) is 0 Å². The first-order chi connectivity index (χ1) is 11.4. The minimum absolute atomic E-state index is 0.337. The van der Waals surface area contributed by atoms with Gasteiger partial charge in [-0.05, 0) is 12.1 Å². The molecule has 24 heavy (non-hydrogen) atoms. The summed E-state index contributed by atoms with van der Waals surface area (Å²) in [6.07, 6.45) is -2.01. The van der Waals surface area contributed by atoms with E-state index in [1.165, 1.54) is 31.5 Å². The number of amides is 2. The van der Waals surface area contributed by atoms with Crippen LogP contribution in [0.1, 0.15) is 17.3 Å². The second kappa shape index (κ2) is 8.13. The average molecular weight is 340 g/mol. The lowest BCUT2D eigenvalue weighted by atomic mass is 9.96. The van der Waals surface area contributed by atoms with E-state index in [1.807, 2.05) is 0 Å². The van der Waals surface area contributed by atoms with Gasteiger partial charge in [0.2, 0.25) is 5.91 Å². The maximum atomic E-state index is 12.0. The Morgan fingerprint density at radius 1 is 1.25 bits per heavy atom. The van der Waals surface area contributed by atoms with E-state index in [1.54, 1.807) is 0 Å². The maximum Gasteiger partial charge on any atom is 0.265 e. The maximum absolute atomic E-state index is 12.0. The van der Waals surface area contributed by atoms with Gasteiger partial charge in [-0.2, -0.15) is 0 Å². The summed E-state index contributed by atoms with van der Waals surface area (Å²) < 4.78 is 5.41. The molecule has 2 rings (SSSR count). The predicted octanol–water partition coefficient (Wildman–Crippen LogP) is -2.74. The molecule has 2 amide bonds. The molecule has 0 saturated carbocycles. The number of carbonyl (C=O) groups is 2. The third-order valence-corrected chi connectivity index (χ3v) is 3.57. The Morgan fingerprint density at radius 3 is 2.50 bits per heavy atom. The third-order valence-electron chi connectivity index (χ3n) is 3.57. The SMILES string of the molecule is CC(=O)N[C@@H]1[C@@H](O)[C@H](O)[C@H](CO)O[C@@H]1NNC(=O)c1ccncc1. The monoisotopic (exact) mass is 340 g/mol. The number of aliphatic hydroxyl groups is 3. The summed E-state index contributed by atoms with van der Waals surface area (Å²) in [5.41, 5.74) is 5.27. The minimum atomic E-state index is -1.39. The second-order valence-electron chi connectivity index (χ2n) is 5.32. The van der Waals surface area contributed by atoms with Gasteiger partial charge in [-0.25, -0.2) is 5.43 Å². The minimum Gasteiger partial charge on any atom is -0.394 e. The molecule has 1 aliphatic rings. The Bertz CT molecular complexity index is 572. The molecule has 132 valence electrons. The van der Waals surface area contributed by atoms with E-state index in [4.69, 9.17) is 4.74 Å². The number of hydrogen-bond donors (Lipinski definition) is 6. The predicted molar refractivity (Wildman–Crippen MR) is 80.2 cm³/mol. The van der Waals surface area contributed by atoms with Gasteiger partial charge in [0.05, 0.1) is 12.6 Å². The number of hydrazine groups is 1. The number of nitrogens with zero attached hydrogens (tertiary/aromatic N) is 1. The van der Waals surface area contributed by atoms with Gasteiger partial charge in [-0.3, -0.25) is 20.0 Å². The van der Waals surface area contributed by atoms with Gasteiger partial charge in [-0.1, -0.05) is 0 Å². The van der Waals surface area contributed by atoms with Gasteiger partial charge in [-0.15, -0.1) is 0 Å². The summed E-state index contributed by atoms with van der Waals surface area (Å²) >= 11 is 0. The number of carbonyl (C=O) groups excluding carboxylic acids is 2.